The van der Waals surface area contributed by atoms with E-state index in [0.29, 0.717) is 76.3 Å². The van der Waals surface area contributed by atoms with Gasteiger partial charge in [0.2, 0.25) is 35.4 Å². The van der Waals surface area contributed by atoms with Gasteiger partial charge in [0.05, 0.1) is 0 Å². The molecule has 61 heavy (non-hydrogen) atoms. The number of hydrogen-bond acceptors (Lipinski definition) is 7. The number of anilines is 3. The van der Waals surface area contributed by atoms with Crippen molar-refractivity contribution in [3.05, 3.63) is 90.0 Å². The highest BCUT2D eigenvalue weighted by molar-refractivity contribution is 6.00. The number of amides is 6. The van der Waals surface area contributed by atoms with Gasteiger partial charge in [-0.05, 0) is 97.9 Å². The minimum Gasteiger partial charge on any atom is -0.363 e. The summed E-state index contributed by atoms with van der Waals surface area (Å²) < 4.78 is 0. The molecule has 4 saturated heterocycles. The van der Waals surface area contributed by atoms with Gasteiger partial charge in [-0.2, -0.15) is 0 Å². The van der Waals surface area contributed by atoms with E-state index < -0.39 is 24.2 Å². The molecule has 4 atom stereocenters. The molecule has 13 heteroatoms. The van der Waals surface area contributed by atoms with E-state index in [1.807, 2.05) is 94.4 Å². The Morgan fingerprint density at radius 2 is 0.984 bits per heavy atom. The number of carbonyl (C=O) groups is 6. The van der Waals surface area contributed by atoms with E-state index >= 15 is 0 Å². The standard InChI is InChI=1S/C48H61N7O6/c1-32(2)43(54-28-10-16-41(54)56)47(60)52-26-8-14-39(52)45(58)49-36-22-18-34(19-23-36)30-51(38-12-6-5-7-13-38)31-35-20-24-37(25-21-35)50-46(59)40-15-9-27-53(40)48(61)44(33(3)4)55-29-11-17-42(55)57/h5-7,12-13,18-25,32-33,39-40,43-44H,8-11,14-17,26-31H2,1-4H3,(H,49,58)(H,50,59)/t39-,40?,43-,44-/m0/s1. The molecule has 6 amide bonds. The maximum absolute atomic E-state index is 13.8. The Bertz CT molecular complexity index is 1930. The molecule has 2 N–H and O–H groups in total. The maximum atomic E-state index is 13.8. The Labute approximate surface area is 359 Å². The van der Waals surface area contributed by atoms with Crippen molar-refractivity contribution >= 4 is 52.5 Å². The lowest BCUT2D eigenvalue weighted by atomic mass is 10.0. The zero-order valence-corrected chi connectivity index (χ0v) is 36.1. The lowest BCUT2D eigenvalue weighted by Crippen LogP contribution is -2.54. The maximum Gasteiger partial charge on any atom is 0.247 e. The second kappa shape index (κ2) is 19.3. The molecule has 324 valence electrons. The van der Waals surface area contributed by atoms with E-state index in [4.69, 9.17) is 0 Å². The molecule has 0 aliphatic carbocycles. The third-order valence-corrected chi connectivity index (χ3v) is 12.6. The molecular formula is C48H61N7O6. The first-order valence-electron chi connectivity index (χ1n) is 22.2. The van der Waals surface area contributed by atoms with Gasteiger partial charge in [0, 0.05) is 69.2 Å². The number of rotatable bonds is 15. The second-order valence-electron chi connectivity index (χ2n) is 17.7. The van der Waals surface area contributed by atoms with Crippen molar-refractivity contribution in [2.45, 2.75) is 116 Å². The summed E-state index contributed by atoms with van der Waals surface area (Å²) >= 11 is 0. The molecule has 13 nitrogen and oxygen atoms in total. The topological polar surface area (TPSA) is 143 Å². The highest BCUT2D eigenvalue weighted by Gasteiger charge is 2.44. The molecule has 4 aliphatic rings. The number of likely N-dealkylation sites (tertiary alicyclic amines) is 4. The van der Waals surface area contributed by atoms with Crippen molar-refractivity contribution < 1.29 is 28.8 Å². The summed E-state index contributed by atoms with van der Waals surface area (Å²) in [6, 6.07) is 23.4. The minimum atomic E-state index is -0.587. The van der Waals surface area contributed by atoms with Gasteiger partial charge in [0.15, 0.2) is 0 Å². The van der Waals surface area contributed by atoms with Crippen LogP contribution in [0.1, 0.15) is 90.2 Å². The predicted molar refractivity (Wildman–Crippen MR) is 235 cm³/mol. The highest BCUT2D eigenvalue weighted by Crippen LogP contribution is 2.29. The molecule has 0 bridgehead atoms. The fourth-order valence-electron chi connectivity index (χ4n) is 9.59. The average Bonchev–Trinajstić information content (AvgIpc) is 4.09. The fourth-order valence-corrected chi connectivity index (χ4v) is 9.59. The van der Waals surface area contributed by atoms with Gasteiger partial charge in [-0.15, -0.1) is 0 Å². The van der Waals surface area contributed by atoms with Crippen LogP contribution < -0.4 is 15.5 Å². The van der Waals surface area contributed by atoms with E-state index in [0.717, 1.165) is 42.5 Å². The third-order valence-electron chi connectivity index (χ3n) is 12.6. The summed E-state index contributed by atoms with van der Waals surface area (Å²) in [4.78, 5) is 89.0. The van der Waals surface area contributed by atoms with E-state index in [-0.39, 0.29) is 47.3 Å². The van der Waals surface area contributed by atoms with Gasteiger partial charge < -0.3 is 35.1 Å². The highest BCUT2D eigenvalue weighted by atomic mass is 16.2. The van der Waals surface area contributed by atoms with Gasteiger partial charge in [-0.25, -0.2) is 0 Å². The Hall–Kier alpha value is -5.72. The number of nitrogens with one attached hydrogen (secondary N) is 2. The minimum absolute atomic E-state index is 0.00791. The zero-order chi connectivity index (χ0) is 43.2. The first-order valence-corrected chi connectivity index (χ1v) is 22.2. The van der Waals surface area contributed by atoms with Crippen LogP contribution in [0.3, 0.4) is 0 Å². The SMILES string of the molecule is CC(C)[C@@H](C(=O)N1CCCC1C(=O)Nc1ccc(CN(Cc2ccc(NC(=O)[C@@H]3CCCN3C(=O)[C@H](C(C)C)N3CCCC3=O)cc2)c2ccccc2)cc1)N1CCCC1=O. The van der Waals surface area contributed by atoms with Crippen LogP contribution in [0.2, 0.25) is 0 Å². The summed E-state index contributed by atoms with van der Waals surface area (Å²) in [5, 5.41) is 6.09. The number of benzene rings is 3. The van der Waals surface area contributed by atoms with Gasteiger partial charge in [-0.3, -0.25) is 28.8 Å². The van der Waals surface area contributed by atoms with Gasteiger partial charge in [-0.1, -0.05) is 70.2 Å². The molecule has 7 rings (SSSR count). The van der Waals surface area contributed by atoms with Crippen molar-refractivity contribution in [2.75, 3.05) is 41.7 Å². The normalized spacial score (nSPS) is 20.2. The summed E-state index contributed by atoms with van der Waals surface area (Å²) in [7, 11) is 0. The molecule has 3 aromatic carbocycles. The van der Waals surface area contributed by atoms with Crippen LogP contribution in [-0.2, 0) is 41.9 Å². The molecule has 1 unspecified atom stereocenters. The Morgan fingerprint density at radius 3 is 1.34 bits per heavy atom. The molecule has 0 aromatic heterocycles. The van der Waals surface area contributed by atoms with Gasteiger partial charge >= 0.3 is 0 Å². The predicted octanol–water partition coefficient (Wildman–Crippen LogP) is 6.05. The zero-order valence-electron chi connectivity index (χ0n) is 36.1. The van der Waals surface area contributed by atoms with Crippen LogP contribution in [-0.4, -0.2) is 105 Å². The largest absolute Gasteiger partial charge is 0.363 e. The molecule has 0 saturated carbocycles. The summed E-state index contributed by atoms with van der Waals surface area (Å²) in [5.74, 6) is -0.820. The number of carbonyl (C=O) groups excluding carboxylic acids is 6. The van der Waals surface area contributed by atoms with Crippen molar-refractivity contribution in [3.8, 4) is 0 Å². The van der Waals surface area contributed by atoms with Gasteiger partial charge in [0.1, 0.15) is 24.2 Å². The Morgan fingerprint density at radius 1 is 0.574 bits per heavy atom. The smallest absolute Gasteiger partial charge is 0.247 e. The first-order chi connectivity index (χ1) is 29.4. The monoisotopic (exact) mass is 831 g/mol. The third kappa shape index (κ3) is 9.92. The molecule has 4 aliphatic heterocycles. The van der Waals surface area contributed by atoms with Crippen LogP contribution in [0.5, 0.6) is 0 Å². The van der Waals surface area contributed by atoms with E-state index in [9.17, 15) is 28.8 Å². The lowest BCUT2D eigenvalue weighted by Gasteiger charge is -2.35. The molecule has 0 spiro atoms. The fraction of sp³-hybridized carbons (Fsp3) is 0.500. The molecule has 4 heterocycles. The molecule has 0 radical (unpaired) electrons. The van der Waals surface area contributed by atoms with Crippen LogP contribution in [0, 0.1) is 11.8 Å². The van der Waals surface area contributed by atoms with E-state index in [1.165, 1.54) is 0 Å². The van der Waals surface area contributed by atoms with Crippen LogP contribution >= 0.6 is 0 Å². The molecule has 4 fully saturated rings. The average molecular weight is 832 g/mol. The first kappa shape index (κ1) is 43.4. The lowest BCUT2D eigenvalue weighted by molar-refractivity contribution is -0.147. The van der Waals surface area contributed by atoms with Crippen LogP contribution in [0.25, 0.3) is 0 Å². The van der Waals surface area contributed by atoms with Crippen molar-refractivity contribution in [1.82, 2.24) is 19.6 Å². The van der Waals surface area contributed by atoms with E-state index in [2.05, 4.69) is 27.7 Å². The van der Waals surface area contributed by atoms with E-state index in [1.54, 1.807) is 19.6 Å². The summed E-state index contributed by atoms with van der Waals surface area (Å²) in [6.07, 6.45) is 5.06. The Balaban J connectivity index is 0.964. The Kier molecular flexibility index (Phi) is 13.7. The van der Waals surface area contributed by atoms with Gasteiger partial charge in [0.25, 0.3) is 0 Å². The number of para-hydroxylation sites is 1. The summed E-state index contributed by atoms with van der Waals surface area (Å²) in [5.41, 5.74) is 4.43. The second-order valence-corrected chi connectivity index (χ2v) is 17.7. The number of nitrogens with zero attached hydrogens (tertiary/aromatic N) is 5. The van der Waals surface area contributed by atoms with Crippen molar-refractivity contribution in [1.29, 1.82) is 0 Å². The van der Waals surface area contributed by atoms with Crippen LogP contribution in [0.15, 0.2) is 78.9 Å². The molecule has 3 aromatic rings. The molecular weight excluding hydrogens is 771 g/mol. The number of hydrogen-bond donors (Lipinski definition) is 2. The van der Waals surface area contributed by atoms with Crippen molar-refractivity contribution in [2.24, 2.45) is 11.8 Å². The van der Waals surface area contributed by atoms with Crippen molar-refractivity contribution in [3.63, 3.8) is 0 Å². The quantitative estimate of drug-likeness (QED) is 0.190. The van der Waals surface area contributed by atoms with Crippen LogP contribution in [0.4, 0.5) is 17.1 Å². The summed E-state index contributed by atoms with van der Waals surface area (Å²) in [6.45, 7) is 11.2.